The summed E-state index contributed by atoms with van der Waals surface area (Å²) in [5.74, 6) is -2.17. The van der Waals surface area contributed by atoms with Crippen molar-refractivity contribution < 1.29 is 28.1 Å². The number of benzene rings is 1. The van der Waals surface area contributed by atoms with Crippen molar-refractivity contribution >= 4 is 38.8 Å². The fourth-order valence-electron chi connectivity index (χ4n) is 4.41. The lowest BCUT2D eigenvalue weighted by Gasteiger charge is -2.38. The molecule has 2 aromatic rings. The van der Waals surface area contributed by atoms with Crippen molar-refractivity contribution in [1.82, 2.24) is 20.0 Å². The molecule has 15 heteroatoms. The second kappa shape index (κ2) is 12.1. The molecule has 0 unspecified atom stereocenters. The Hall–Kier alpha value is -3.85. The van der Waals surface area contributed by atoms with Crippen molar-refractivity contribution in [2.45, 2.75) is 56.5 Å². The van der Waals surface area contributed by atoms with Gasteiger partial charge in [0, 0.05) is 24.2 Å². The molecule has 38 heavy (non-hydrogen) atoms. The molecule has 1 aromatic heterocycles. The first-order valence-corrected chi connectivity index (χ1v) is 13.5. The van der Waals surface area contributed by atoms with Crippen molar-refractivity contribution in [2.24, 2.45) is 16.6 Å². The number of fused-ring (bicyclic) bond motifs is 1. The summed E-state index contributed by atoms with van der Waals surface area (Å²) in [6.45, 7) is 3.82. The third-order valence-corrected chi connectivity index (χ3v) is 7.82. The van der Waals surface area contributed by atoms with Gasteiger partial charge in [-0.2, -0.15) is 4.72 Å². The average Bonchev–Trinajstić information content (AvgIpc) is 2.84. The minimum absolute atomic E-state index is 0.0327. The molecule has 1 aliphatic rings. The first kappa shape index (κ1) is 28.7. The van der Waals surface area contributed by atoms with Crippen LogP contribution in [0, 0.1) is 23.0 Å². The van der Waals surface area contributed by atoms with E-state index in [2.05, 4.69) is 14.7 Å². The minimum Gasteiger partial charge on any atom is -0.480 e. The number of amides is 1. The van der Waals surface area contributed by atoms with Gasteiger partial charge in [0.15, 0.2) is 5.03 Å². The maximum Gasteiger partial charge on any atom is 0.326 e. The van der Waals surface area contributed by atoms with Gasteiger partial charge in [0.25, 0.3) is 5.96 Å². The number of nitrogens with one attached hydrogen (secondary N) is 2. The quantitative estimate of drug-likeness (QED) is 0.107. The number of nitro groups is 1. The summed E-state index contributed by atoms with van der Waals surface area (Å²) in [4.78, 5) is 45.3. The Morgan fingerprint density at radius 2 is 2.08 bits per heavy atom. The van der Waals surface area contributed by atoms with E-state index in [1.165, 1.54) is 11.0 Å². The van der Waals surface area contributed by atoms with Crippen LogP contribution in [0.15, 0.2) is 40.2 Å². The smallest absolute Gasteiger partial charge is 0.326 e. The number of aliphatic imine (C=N–C) groups is 1. The van der Waals surface area contributed by atoms with Gasteiger partial charge >= 0.3 is 5.97 Å². The number of piperidine rings is 1. The van der Waals surface area contributed by atoms with Crippen LogP contribution in [0.5, 0.6) is 0 Å². The van der Waals surface area contributed by atoms with Gasteiger partial charge in [-0.15, -0.1) is 0 Å². The zero-order valence-electron chi connectivity index (χ0n) is 21.0. The zero-order chi connectivity index (χ0) is 28.0. The van der Waals surface area contributed by atoms with E-state index in [-0.39, 0.29) is 43.2 Å². The highest BCUT2D eigenvalue weighted by Gasteiger charge is 2.38. The Kier molecular flexibility index (Phi) is 9.17. The van der Waals surface area contributed by atoms with Crippen LogP contribution in [0.4, 0.5) is 0 Å². The number of carboxylic acid groups (broad SMARTS) is 1. The maximum atomic E-state index is 13.6. The van der Waals surface area contributed by atoms with E-state index in [0.717, 1.165) is 0 Å². The summed E-state index contributed by atoms with van der Waals surface area (Å²) >= 11 is 0. The van der Waals surface area contributed by atoms with Crippen LogP contribution in [0.25, 0.3) is 10.9 Å². The summed E-state index contributed by atoms with van der Waals surface area (Å²) in [7, 11) is -4.25. The lowest BCUT2D eigenvalue weighted by atomic mass is 9.91. The Balaban J connectivity index is 1.89. The molecule has 14 nitrogen and oxygen atoms in total. The number of hydrazine groups is 1. The van der Waals surface area contributed by atoms with E-state index < -0.39 is 45.0 Å². The lowest BCUT2D eigenvalue weighted by Crippen LogP contribution is -2.56. The maximum absolute atomic E-state index is 13.6. The SMILES string of the molecule is Cc1ccc2c(S(=O)(=O)N[C@@H](CCCN=C(N)N[N+](=O)[O-])C(=O)N3CC[C@@H](C)C[C@H]3C(=O)O)cccc2n1. The third-order valence-electron chi connectivity index (χ3n) is 6.29. The van der Waals surface area contributed by atoms with Crippen LogP contribution in [-0.2, 0) is 19.6 Å². The number of pyridine rings is 1. The van der Waals surface area contributed by atoms with Crippen molar-refractivity contribution in [1.29, 1.82) is 0 Å². The largest absolute Gasteiger partial charge is 0.480 e. The number of rotatable bonds is 10. The van der Waals surface area contributed by atoms with Gasteiger partial charge in [-0.05, 0) is 62.8 Å². The van der Waals surface area contributed by atoms with Gasteiger partial charge in [-0.1, -0.05) is 18.4 Å². The number of carbonyl (C=O) groups is 2. The Bertz CT molecular complexity index is 1350. The number of aryl methyl sites for hydroxylation is 1. The lowest BCUT2D eigenvalue weighted by molar-refractivity contribution is -0.525. The molecule has 0 saturated carbocycles. The van der Waals surface area contributed by atoms with Crippen molar-refractivity contribution in [3.63, 3.8) is 0 Å². The molecule has 0 aliphatic carbocycles. The fourth-order valence-corrected chi connectivity index (χ4v) is 5.85. The summed E-state index contributed by atoms with van der Waals surface area (Å²) < 4.78 is 29.5. The van der Waals surface area contributed by atoms with E-state index in [4.69, 9.17) is 5.73 Å². The number of sulfonamides is 1. The van der Waals surface area contributed by atoms with Crippen molar-refractivity contribution in [3.8, 4) is 0 Å². The highest BCUT2D eigenvalue weighted by Crippen LogP contribution is 2.26. The second-order valence-electron chi connectivity index (χ2n) is 9.24. The molecule has 0 bridgehead atoms. The number of nitrogens with zero attached hydrogens (tertiary/aromatic N) is 4. The molecule has 1 aromatic carbocycles. The normalized spacial score (nSPS) is 19.2. The molecule has 0 spiro atoms. The summed E-state index contributed by atoms with van der Waals surface area (Å²) in [6, 6.07) is 5.56. The van der Waals surface area contributed by atoms with Gasteiger partial charge < -0.3 is 15.7 Å². The number of hydrogen-bond acceptors (Lipinski definition) is 8. The number of carbonyl (C=O) groups excluding carboxylic acids is 1. The molecular formula is C23H31N7O7S. The number of aliphatic carboxylic acids is 1. The molecule has 206 valence electrons. The molecule has 1 fully saturated rings. The molecule has 3 atom stereocenters. The first-order chi connectivity index (χ1) is 17.9. The molecule has 1 amide bonds. The van der Waals surface area contributed by atoms with Crippen LogP contribution in [0.1, 0.15) is 38.3 Å². The topological polar surface area (TPSA) is 210 Å². The third kappa shape index (κ3) is 7.13. The highest BCUT2D eigenvalue weighted by molar-refractivity contribution is 7.89. The van der Waals surface area contributed by atoms with E-state index in [1.54, 1.807) is 36.6 Å². The first-order valence-electron chi connectivity index (χ1n) is 12.0. The monoisotopic (exact) mass is 549 g/mol. The van der Waals surface area contributed by atoms with E-state index >= 15 is 0 Å². The van der Waals surface area contributed by atoms with Crippen LogP contribution >= 0.6 is 0 Å². The van der Waals surface area contributed by atoms with E-state index in [0.29, 0.717) is 23.0 Å². The number of hydrogen-bond donors (Lipinski definition) is 4. The summed E-state index contributed by atoms with van der Waals surface area (Å²) in [5.41, 5.74) is 8.29. The van der Waals surface area contributed by atoms with Crippen LogP contribution < -0.4 is 15.9 Å². The molecule has 1 aliphatic heterocycles. The predicted molar refractivity (Wildman–Crippen MR) is 138 cm³/mol. The minimum atomic E-state index is -4.25. The zero-order valence-corrected chi connectivity index (χ0v) is 21.8. The van der Waals surface area contributed by atoms with Gasteiger partial charge in [0.2, 0.25) is 15.9 Å². The van der Waals surface area contributed by atoms with Gasteiger partial charge in [-0.3, -0.25) is 9.78 Å². The summed E-state index contributed by atoms with van der Waals surface area (Å²) in [5, 5.41) is 19.7. The number of likely N-dealkylation sites (tertiary alicyclic amines) is 1. The molecule has 2 heterocycles. The molecule has 1 saturated heterocycles. The van der Waals surface area contributed by atoms with Gasteiger partial charge in [0.1, 0.15) is 12.1 Å². The molecule has 0 radical (unpaired) electrons. The fraction of sp³-hybridized carbons (Fsp3) is 0.478. The Labute approximate surface area is 219 Å². The highest BCUT2D eigenvalue weighted by atomic mass is 32.2. The van der Waals surface area contributed by atoms with Gasteiger partial charge in [0.05, 0.1) is 10.4 Å². The average molecular weight is 550 g/mol. The van der Waals surface area contributed by atoms with Crippen LogP contribution in [0.3, 0.4) is 0 Å². The Morgan fingerprint density at radius 1 is 1.34 bits per heavy atom. The van der Waals surface area contributed by atoms with Crippen LogP contribution in [0.2, 0.25) is 0 Å². The molecule has 5 N–H and O–H groups in total. The Morgan fingerprint density at radius 3 is 2.76 bits per heavy atom. The van der Waals surface area contributed by atoms with Crippen LogP contribution in [-0.4, -0.2) is 71.4 Å². The number of aromatic nitrogens is 1. The van der Waals surface area contributed by atoms with E-state index in [1.807, 2.05) is 6.92 Å². The molecular weight excluding hydrogens is 518 g/mol. The number of guanidine groups is 1. The number of carboxylic acids is 1. The van der Waals surface area contributed by atoms with Crippen molar-refractivity contribution in [2.75, 3.05) is 13.1 Å². The van der Waals surface area contributed by atoms with E-state index in [9.17, 15) is 33.2 Å². The van der Waals surface area contributed by atoms with Crippen molar-refractivity contribution in [3.05, 3.63) is 46.1 Å². The summed E-state index contributed by atoms with van der Waals surface area (Å²) in [6.07, 6.45) is 0.921. The number of nitrogens with two attached hydrogens (primary N) is 1. The second-order valence-corrected chi connectivity index (χ2v) is 10.9. The predicted octanol–water partition coefficient (Wildman–Crippen LogP) is 0.778. The standard InChI is InChI=1S/C23H31N7O7S/c1-14-10-12-29(19(13-14)22(32)33)21(31)18(6-4-11-25-23(24)27-30(34)35)28-38(36,37)20-7-3-5-17-16(20)9-8-15(2)26-17/h3,5,7-9,14,18-19,28H,4,6,10-13H2,1-2H3,(H,32,33)(H3,24,25,27)/t14-,18+,19+/m1/s1. The van der Waals surface area contributed by atoms with Gasteiger partial charge in [-0.25, -0.2) is 28.3 Å². The molecule has 3 rings (SSSR count).